The summed E-state index contributed by atoms with van der Waals surface area (Å²) in [6.07, 6.45) is 94.3. The molecule has 0 fully saturated rings. The van der Waals surface area contributed by atoms with Crippen LogP contribution >= 0.6 is 7.82 Å². The van der Waals surface area contributed by atoms with Crippen LogP contribution in [0.4, 0.5) is 0 Å². The van der Waals surface area contributed by atoms with E-state index < -0.39 is 20.0 Å². The van der Waals surface area contributed by atoms with Crippen molar-refractivity contribution in [2.75, 3.05) is 40.9 Å². The van der Waals surface area contributed by atoms with E-state index in [0.717, 1.165) is 83.5 Å². The van der Waals surface area contributed by atoms with Crippen LogP contribution in [0.1, 0.15) is 367 Å². The van der Waals surface area contributed by atoms with Gasteiger partial charge in [0, 0.05) is 12.8 Å². The monoisotopic (exact) mass is 1290 g/mol. The number of carbonyl (C=O) groups is 2. The van der Waals surface area contributed by atoms with Crippen molar-refractivity contribution in [2.45, 2.75) is 380 Å². The van der Waals surface area contributed by atoms with E-state index in [4.69, 9.17) is 13.8 Å². The second-order valence-corrected chi connectivity index (χ2v) is 28.9. The highest BCUT2D eigenvalue weighted by Crippen LogP contribution is 2.38. The Morgan fingerprint density at radius 3 is 1.02 bits per heavy atom. The summed E-state index contributed by atoms with van der Waals surface area (Å²) in [5, 5.41) is 3.06. The number of esters is 1. The fourth-order valence-corrected chi connectivity index (χ4v) is 12.0. The van der Waals surface area contributed by atoms with Crippen LogP contribution in [0.2, 0.25) is 0 Å². The number of phosphoric ester groups is 1. The van der Waals surface area contributed by atoms with Gasteiger partial charge in [-0.15, -0.1) is 0 Å². The lowest BCUT2D eigenvalue weighted by Crippen LogP contribution is -2.47. The van der Waals surface area contributed by atoms with Crippen LogP contribution < -0.4 is 10.2 Å². The number of rotatable bonds is 71. The number of ether oxygens (including phenoxy) is 1. The number of hydrogen-bond acceptors (Lipinski definition) is 7. The van der Waals surface area contributed by atoms with Gasteiger partial charge in [0.05, 0.1) is 33.8 Å². The zero-order valence-electron chi connectivity index (χ0n) is 60.8. The molecule has 0 saturated heterocycles. The van der Waals surface area contributed by atoms with Crippen molar-refractivity contribution >= 4 is 19.7 Å². The summed E-state index contributed by atoms with van der Waals surface area (Å²) < 4.78 is 30.6. The first-order valence-corrected chi connectivity index (χ1v) is 40.4. The Morgan fingerprint density at radius 1 is 0.385 bits per heavy atom. The van der Waals surface area contributed by atoms with Crippen molar-refractivity contribution in [3.05, 3.63) is 85.1 Å². The summed E-state index contributed by atoms with van der Waals surface area (Å²) in [5.74, 6) is -0.531. The molecule has 0 rings (SSSR count). The van der Waals surface area contributed by atoms with Gasteiger partial charge in [-0.1, -0.05) is 331 Å². The molecule has 0 bridgehead atoms. The zero-order valence-corrected chi connectivity index (χ0v) is 61.7. The maximum absolute atomic E-state index is 13.7. The molecule has 0 heterocycles. The molecule has 1 N–H and O–H groups in total. The van der Waals surface area contributed by atoms with Crippen molar-refractivity contribution < 1.29 is 37.3 Å². The fraction of sp³-hybridized carbons (Fsp3) is 0.802. The Balaban J connectivity index is 4.99. The Kier molecular flexibility index (Phi) is 67.8. The number of allylic oxidation sites excluding steroid dienone is 13. The molecule has 91 heavy (non-hydrogen) atoms. The molecule has 3 unspecified atom stereocenters. The Morgan fingerprint density at radius 2 is 0.670 bits per heavy atom. The molecule has 0 aliphatic heterocycles. The van der Waals surface area contributed by atoms with Crippen molar-refractivity contribution in [3.63, 3.8) is 0 Å². The van der Waals surface area contributed by atoms with Crippen molar-refractivity contribution in [2.24, 2.45) is 0 Å². The first-order chi connectivity index (χ1) is 44.4. The SMILES string of the molecule is CCCCC/C=C\C/C=C\C/C=C\CCCCCCCCCCCCCCCCC(=O)NC(COP(=O)([O-])OCC[N+](C)(C)C)C(/C=C/CCCCCCCCCCCCC)OC(=O)CCCCCCCCCCCCCC/C=C\C/C=C\C/C=C\CCCCC. The van der Waals surface area contributed by atoms with Gasteiger partial charge in [-0.25, -0.2) is 0 Å². The number of phosphoric acid groups is 1. The third-order valence-corrected chi connectivity index (χ3v) is 18.3. The van der Waals surface area contributed by atoms with Crippen LogP contribution in [-0.2, 0) is 27.9 Å². The number of amides is 1. The number of quaternary nitrogens is 1. The summed E-state index contributed by atoms with van der Waals surface area (Å²) in [6, 6.07) is -0.894. The second kappa shape index (κ2) is 70.0. The van der Waals surface area contributed by atoms with Crippen LogP contribution in [-0.4, -0.2) is 69.4 Å². The molecule has 10 heteroatoms. The van der Waals surface area contributed by atoms with Gasteiger partial charge >= 0.3 is 5.97 Å². The van der Waals surface area contributed by atoms with Gasteiger partial charge in [-0.3, -0.25) is 14.2 Å². The van der Waals surface area contributed by atoms with Gasteiger partial charge in [0.15, 0.2) is 0 Å². The summed E-state index contributed by atoms with van der Waals surface area (Å²) in [7, 11) is 1.19. The van der Waals surface area contributed by atoms with E-state index >= 15 is 0 Å². The summed E-state index contributed by atoms with van der Waals surface area (Å²) in [6.45, 7) is 6.84. The second-order valence-electron chi connectivity index (χ2n) is 27.5. The Bertz CT molecular complexity index is 1830. The average Bonchev–Trinajstić information content (AvgIpc) is 3.45. The third kappa shape index (κ3) is 71.3. The quantitative estimate of drug-likeness (QED) is 0.0212. The molecule has 0 aromatic heterocycles. The molecule has 0 aromatic carbocycles. The predicted molar refractivity (Wildman–Crippen MR) is 395 cm³/mol. The van der Waals surface area contributed by atoms with E-state index in [1.54, 1.807) is 0 Å². The van der Waals surface area contributed by atoms with Crippen LogP contribution in [0.25, 0.3) is 0 Å². The number of nitrogens with zero attached hydrogens (tertiary/aromatic N) is 1. The molecule has 1 amide bonds. The number of unbranched alkanes of at least 4 members (excludes halogenated alkanes) is 43. The highest BCUT2D eigenvalue weighted by molar-refractivity contribution is 7.45. The molecule has 0 saturated carbocycles. The number of nitrogens with one attached hydrogen (secondary N) is 1. The molecule has 0 spiro atoms. The molecule has 9 nitrogen and oxygen atoms in total. The Labute approximate surface area is 565 Å². The molecular weight excluding hydrogens is 1140 g/mol. The van der Waals surface area contributed by atoms with Gasteiger partial charge in [-0.05, 0) is 109 Å². The highest BCUT2D eigenvalue weighted by Gasteiger charge is 2.27. The smallest absolute Gasteiger partial charge is 0.306 e. The predicted octanol–water partition coefficient (Wildman–Crippen LogP) is 24.6. The average molecular weight is 1290 g/mol. The first kappa shape index (κ1) is 88.2. The largest absolute Gasteiger partial charge is 0.756 e. The molecule has 3 atom stereocenters. The van der Waals surface area contributed by atoms with Crippen molar-refractivity contribution in [3.8, 4) is 0 Å². The first-order valence-electron chi connectivity index (χ1n) is 38.9. The minimum absolute atomic E-state index is 0.0239. The molecule has 0 aliphatic carbocycles. The van der Waals surface area contributed by atoms with E-state index in [2.05, 4.69) is 99.0 Å². The van der Waals surface area contributed by atoms with Gasteiger partial charge in [0.25, 0.3) is 7.82 Å². The lowest BCUT2D eigenvalue weighted by atomic mass is 10.0. The number of carbonyl (C=O) groups excluding carboxylic acids is 2. The minimum atomic E-state index is -4.71. The number of likely N-dealkylation sites (N-methyl/N-ethyl adjacent to an activating group) is 1. The summed E-state index contributed by atoms with van der Waals surface area (Å²) >= 11 is 0. The van der Waals surface area contributed by atoms with Crippen LogP contribution in [0, 0.1) is 0 Å². The Hall–Kier alpha value is -2.81. The molecule has 0 radical (unpaired) electrons. The summed E-state index contributed by atoms with van der Waals surface area (Å²) in [5.41, 5.74) is 0. The lowest BCUT2D eigenvalue weighted by molar-refractivity contribution is -0.870. The highest BCUT2D eigenvalue weighted by atomic mass is 31.2. The van der Waals surface area contributed by atoms with Crippen LogP contribution in [0.15, 0.2) is 85.1 Å². The van der Waals surface area contributed by atoms with E-state index in [9.17, 15) is 19.0 Å². The minimum Gasteiger partial charge on any atom is -0.756 e. The molecule has 0 aromatic rings. The van der Waals surface area contributed by atoms with E-state index in [1.807, 2.05) is 33.3 Å². The molecule has 0 aliphatic rings. The van der Waals surface area contributed by atoms with Gasteiger partial charge in [-0.2, -0.15) is 0 Å². The number of hydrogen-bond donors (Lipinski definition) is 1. The van der Waals surface area contributed by atoms with Gasteiger partial charge in [0.1, 0.15) is 19.3 Å². The molecular formula is C81H149N2O7P. The summed E-state index contributed by atoms with van der Waals surface area (Å²) in [4.78, 5) is 40.3. The normalized spacial score (nSPS) is 13.9. The maximum Gasteiger partial charge on any atom is 0.306 e. The van der Waals surface area contributed by atoms with E-state index in [0.29, 0.717) is 17.4 Å². The fourth-order valence-electron chi connectivity index (χ4n) is 11.3. The van der Waals surface area contributed by atoms with Crippen molar-refractivity contribution in [1.29, 1.82) is 0 Å². The van der Waals surface area contributed by atoms with Gasteiger partial charge < -0.3 is 28.5 Å². The van der Waals surface area contributed by atoms with Gasteiger partial charge in [0.2, 0.25) is 5.91 Å². The third-order valence-electron chi connectivity index (χ3n) is 17.3. The van der Waals surface area contributed by atoms with E-state index in [1.165, 1.54) is 250 Å². The maximum atomic E-state index is 13.7. The van der Waals surface area contributed by atoms with Crippen LogP contribution in [0.5, 0.6) is 0 Å². The standard InChI is InChI=1S/C81H149N2O7P/c1-7-10-13-16-19-22-25-28-30-32-34-36-38-40-41-43-44-46-48-50-52-55-58-61-64-67-70-73-80(84)82-78(77-89-91(86,87)88-76-75-83(4,5)6)79(72-69-66-63-60-57-54-27-24-21-18-15-12-9-3)90-81(85)74-71-68-65-62-59-56-53-51-49-47-45-42-39-37-35-33-31-29-26-23-20-17-14-11-8-2/h19-20,22-23,28-31,34-37,69,72,78-79H,7-18,21,24-27,32-33,38-68,70-71,73-77H2,1-6H3,(H-,82,84,86,87)/b22-19-,23-20-,30-28-,31-29-,36-34-,37-35-,72-69+. The van der Waals surface area contributed by atoms with Crippen LogP contribution in [0.3, 0.4) is 0 Å². The topological polar surface area (TPSA) is 114 Å². The van der Waals surface area contributed by atoms with Crippen molar-refractivity contribution in [1.82, 2.24) is 5.32 Å². The lowest BCUT2D eigenvalue weighted by Gasteiger charge is -2.30. The zero-order chi connectivity index (χ0) is 66.3. The molecule has 530 valence electrons. The van der Waals surface area contributed by atoms with E-state index in [-0.39, 0.29) is 31.5 Å².